The zero-order chi connectivity index (χ0) is 27.6. The van der Waals surface area contributed by atoms with Crippen molar-refractivity contribution < 1.29 is 14.3 Å². The summed E-state index contributed by atoms with van der Waals surface area (Å²) < 4.78 is 12.2. The van der Waals surface area contributed by atoms with Crippen LogP contribution in [0.4, 0.5) is 27.8 Å². The predicted molar refractivity (Wildman–Crippen MR) is 156 cm³/mol. The van der Waals surface area contributed by atoms with Gasteiger partial charge in [-0.1, -0.05) is 18.5 Å². The van der Waals surface area contributed by atoms with Crippen molar-refractivity contribution in [1.82, 2.24) is 15.0 Å². The molecule has 3 aromatic rings. The standard InChI is InChI=1S/C29H34ClN7O3/c1-3-22-15-36(14-18(2)39-22)27-25(30)28(37-16-23-10-11-24(17-37)40-23)35-26(34-27)19-6-8-20(9-7-19)32-29(38)33-21-5-4-12-31-13-21/h4-9,12-13,18,22-24H,3,10-11,14-17H2,1-2H3,(H2,32,33,38). The number of amides is 2. The molecule has 0 aliphatic carbocycles. The Morgan fingerprint density at radius 1 is 0.950 bits per heavy atom. The van der Waals surface area contributed by atoms with Gasteiger partial charge in [0, 0.05) is 43.6 Å². The van der Waals surface area contributed by atoms with Crippen molar-refractivity contribution in [3.63, 3.8) is 0 Å². The third kappa shape index (κ3) is 5.84. The second-order valence-electron chi connectivity index (χ2n) is 10.7. The Balaban J connectivity index is 1.29. The van der Waals surface area contributed by atoms with E-state index in [1.54, 1.807) is 24.5 Å². The molecule has 2 bridgehead atoms. The molecule has 2 aromatic heterocycles. The van der Waals surface area contributed by atoms with Gasteiger partial charge >= 0.3 is 6.03 Å². The Kier molecular flexibility index (Phi) is 7.73. The van der Waals surface area contributed by atoms with Crippen molar-refractivity contribution >= 4 is 40.6 Å². The largest absolute Gasteiger partial charge is 0.372 e. The highest BCUT2D eigenvalue weighted by Crippen LogP contribution is 2.39. The van der Waals surface area contributed by atoms with Gasteiger partial charge in [-0.3, -0.25) is 4.98 Å². The van der Waals surface area contributed by atoms with Crippen LogP contribution in [0.1, 0.15) is 33.1 Å². The fourth-order valence-corrected chi connectivity index (χ4v) is 5.96. The minimum absolute atomic E-state index is 0.0686. The number of hydrogen-bond acceptors (Lipinski definition) is 8. The van der Waals surface area contributed by atoms with Crippen molar-refractivity contribution in [1.29, 1.82) is 0 Å². The number of anilines is 4. The summed E-state index contributed by atoms with van der Waals surface area (Å²) in [5.74, 6) is 2.06. The lowest BCUT2D eigenvalue weighted by atomic mass is 10.1. The number of halogens is 1. The van der Waals surface area contributed by atoms with Crippen molar-refractivity contribution in [2.24, 2.45) is 0 Å². The topological polar surface area (TPSA) is 105 Å². The molecule has 0 radical (unpaired) electrons. The molecule has 0 spiro atoms. The minimum Gasteiger partial charge on any atom is -0.372 e. The van der Waals surface area contributed by atoms with Crippen LogP contribution in [0.15, 0.2) is 48.8 Å². The molecule has 2 amide bonds. The Hall–Kier alpha value is -3.47. The molecule has 3 fully saturated rings. The molecule has 10 nitrogen and oxygen atoms in total. The SMILES string of the molecule is CCC1CN(c2nc(-c3ccc(NC(=O)Nc4cccnc4)cc3)nc(N3CC4CCC(C3)O4)c2Cl)CC(C)O1. The molecule has 210 valence electrons. The zero-order valence-corrected chi connectivity index (χ0v) is 23.5. The van der Waals surface area contributed by atoms with Crippen LogP contribution in [-0.2, 0) is 9.47 Å². The quantitative estimate of drug-likeness (QED) is 0.421. The average Bonchev–Trinajstić information content (AvgIpc) is 3.30. The number of carbonyl (C=O) groups is 1. The molecule has 1 aromatic carbocycles. The summed E-state index contributed by atoms with van der Waals surface area (Å²) in [6, 6.07) is 10.7. The molecule has 3 aliphatic heterocycles. The summed E-state index contributed by atoms with van der Waals surface area (Å²) in [6.07, 6.45) is 6.87. The third-order valence-electron chi connectivity index (χ3n) is 7.56. The van der Waals surface area contributed by atoms with Gasteiger partial charge in [0.15, 0.2) is 17.5 Å². The fourth-order valence-electron chi connectivity index (χ4n) is 5.64. The lowest BCUT2D eigenvalue weighted by Crippen LogP contribution is -2.47. The van der Waals surface area contributed by atoms with E-state index in [2.05, 4.69) is 39.3 Å². The zero-order valence-electron chi connectivity index (χ0n) is 22.7. The third-order valence-corrected chi connectivity index (χ3v) is 7.90. The first-order valence-corrected chi connectivity index (χ1v) is 14.3. The smallest absolute Gasteiger partial charge is 0.323 e. The van der Waals surface area contributed by atoms with Crippen LogP contribution in [0.3, 0.4) is 0 Å². The van der Waals surface area contributed by atoms with Crippen LogP contribution < -0.4 is 20.4 Å². The molecule has 4 unspecified atom stereocenters. The van der Waals surface area contributed by atoms with E-state index < -0.39 is 0 Å². The minimum atomic E-state index is -0.345. The van der Waals surface area contributed by atoms with Crippen molar-refractivity contribution in [2.45, 2.75) is 57.5 Å². The van der Waals surface area contributed by atoms with Crippen LogP contribution in [-0.4, -0.2) is 71.6 Å². The Labute approximate surface area is 239 Å². The van der Waals surface area contributed by atoms with E-state index >= 15 is 0 Å². The number of benzene rings is 1. The van der Waals surface area contributed by atoms with Crippen molar-refractivity contribution in [2.75, 3.05) is 46.6 Å². The van der Waals surface area contributed by atoms with Gasteiger partial charge in [-0.15, -0.1) is 0 Å². The Morgan fingerprint density at radius 3 is 2.27 bits per heavy atom. The molecule has 0 saturated carbocycles. The van der Waals surface area contributed by atoms with Crippen LogP contribution >= 0.6 is 11.6 Å². The molecule has 2 N–H and O–H groups in total. The average molecular weight is 564 g/mol. The highest BCUT2D eigenvalue weighted by atomic mass is 35.5. The molecule has 6 rings (SSSR count). The molecule has 4 atom stereocenters. The second-order valence-corrected chi connectivity index (χ2v) is 11.0. The first-order chi connectivity index (χ1) is 19.4. The number of urea groups is 1. The number of rotatable bonds is 6. The van der Waals surface area contributed by atoms with Crippen molar-refractivity contribution in [3.05, 3.63) is 53.8 Å². The monoisotopic (exact) mass is 563 g/mol. The summed E-state index contributed by atoms with van der Waals surface area (Å²) in [7, 11) is 0. The lowest BCUT2D eigenvalue weighted by Gasteiger charge is -2.39. The first kappa shape index (κ1) is 26.7. The molecular formula is C29H34ClN7O3. The van der Waals surface area contributed by atoms with Crippen molar-refractivity contribution in [3.8, 4) is 11.4 Å². The van der Waals surface area contributed by atoms with E-state index in [1.807, 2.05) is 24.3 Å². The first-order valence-electron chi connectivity index (χ1n) is 13.9. The van der Waals surface area contributed by atoms with E-state index in [0.717, 1.165) is 56.1 Å². The van der Waals surface area contributed by atoms with Crippen LogP contribution in [0.2, 0.25) is 5.02 Å². The van der Waals surface area contributed by atoms with Crippen LogP contribution in [0, 0.1) is 0 Å². The Morgan fingerprint density at radius 2 is 1.62 bits per heavy atom. The lowest BCUT2D eigenvalue weighted by molar-refractivity contribution is -0.0174. The van der Waals surface area contributed by atoms with E-state index in [9.17, 15) is 4.79 Å². The number of nitrogens with zero attached hydrogens (tertiary/aromatic N) is 5. The van der Waals surface area contributed by atoms with Gasteiger partial charge in [-0.2, -0.15) is 0 Å². The molecule has 3 aliphatic rings. The number of aromatic nitrogens is 3. The second kappa shape index (κ2) is 11.6. The highest BCUT2D eigenvalue weighted by Gasteiger charge is 2.36. The van der Waals surface area contributed by atoms with Gasteiger partial charge in [0.05, 0.1) is 36.3 Å². The van der Waals surface area contributed by atoms with E-state index in [4.69, 9.17) is 31.0 Å². The summed E-state index contributed by atoms with van der Waals surface area (Å²) in [4.78, 5) is 30.9. The number of hydrogen-bond donors (Lipinski definition) is 2. The van der Waals surface area contributed by atoms with Gasteiger partial charge in [0.2, 0.25) is 0 Å². The van der Waals surface area contributed by atoms with Crippen LogP contribution in [0.5, 0.6) is 0 Å². The number of pyridine rings is 1. The van der Waals surface area contributed by atoms with Gasteiger partial charge in [-0.25, -0.2) is 14.8 Å². The molecular weight excluding hydrogens is 530 g/mol. The van der Waals surface area contributed by atoms with E-state index in [-0.39, 0.29) is 30.4 Å². The normalized spacial score (nSPS) is 24.2. The molecule has 5 heterocycles. The number of ether oxygens (including phenoxy) is 2. The summed E-state index contributed by atoms with van der Waals surface area (Å²) in [5, 5.41) is 6.19. The maximum Gasteiger partial charge on any atom is 0.323 e. The number of morpholine rings is 2. The highest BCUT2D eigenvalue weighted by molar-refractivity contribution is 6.35. The van der Waals surface area contributed by atoms with Gasteiger partial charge < -0.3 is 29.9 Å². The number of carbonyl (C=O) groups excluding carboxylic acids is 1. The Bertz CT molecular complexity index is 1330. The predicted octanol–water partition coefficient (Wildman–Crippen LogP) is 5.21. The molecule has 11 heteroatoms. The fraction of sp³-hybridized carbons (Fsp3) is 0.448. The van der Waals surface area contributed by atoms with Crippen LogP contribution in [0.25, 0.3) is 11.4 Å². The van der Waals surface area contributed by atoms with E-state index in [0.29, 0.717) is 28.8 Å². The number of fused-ring (bicyclic) bond motifs is 2. The number of nitrogens with one attached hydrogen (secondary N) is 2. The molecule has 3 saturated heterocycles. The van der Waals surface area contributed by atoms with Gasteiger partial charge in [0.25, 0.3) is 0 Å². The van der Waals surface area contributed by atoms with Gasteiger partial charge in [-0.05, 0) is 62.6 Å². The summed E-state index contributed by atoms with van der Waals surface area (Å²) in [5.41, 5.74) is 2.10. The van der Waals surface area contributed by atoms with E-state index in [1.165, 1.54) is 0 Å². The maximum absolute atomic E-state index is 12.4. The molecule has 40 heavy (non-hydrogen) atoms. The summed E-state index contributed by atoms with van der Waals surface area (Å²) in [6.45, 7) is 7.17. The van der Waals surface area contributed by atoms with Gasteiger partial charge in [0.1, 0.15) is 5.02 Å². The summed E-state index contributed by atoms with van der Waals surface area (Å²) >= 11 is 7.09. The maximum atomic E-state index is 12.4.